The molecule has 3 aliphatic carbocycles. The van der Waals surface area contributed by atoms with Crippen LogP contribution in [0.1, 0.15) is 45.2 Å². The first-order valence-electron chi connectivity index (χ1n) is 15.6. The molecule has 3 aliphatic rings. The lowest BCUT2D eigenvalue weighted by Crippen LogP contribution is -2.14. The Balaban J connectivity index is 1.28. The molecular formula is C40H20F6N4O2. The molecule has 0 saturated heterocycles. The van der Waals surface area contributed by atoms with Crippen LogP contribution in [0.4, 0.5) is 26.3 Å². The van der Waals surface area contributed by atoms with Crippen LogP contribution in [0.3, 0.4) is 0 Å². The Hall–Kier alpha value is -6.76. The van der Waals surface area contributed by atoms with Crippen molar-refractivity contribution in [3.63, 3.8) is 0 Å². The number of fused-ring (bicyclic) bond motifs is 6. The summed E-state index contributed by atoms with van der Waals surface area (Å²) in [6.07, 6.45) is -5.19. The van der Waals surface area contributed by atoms with Gasteiger partial charge in [-0.05, 0) is 112 Å². The summed E-state index contributed by atoms with van der Waals surface area (Å²) in [4.78, 5) is 0. The minimum atomic E-state index is -4.51. The molecule has 3 atom stereocenters. The third kappa shape index (κ3) is 5.81. The van der Waals surface area contributed by atoms with Crippen LogP contribution >= 0.6 is 0 Å². The number of rotatable bonds is 5. The van der Waals surface area contributed by atoms with Gasteiger partial charge in [0.05, 0.1) is 23.3 Å². The second-order valence-electron chi connectivity index (χ2n) is 12.2. The standard InChI is InChI=1S/C40H20F6N4O2/c41-39(42,43)23-1-5-25(6-2-23)51-27-9-11-29-31-15-36-32(16-35(31)37(33(29)13-27)21(17-47)18-48)30-12-10-28(14-34(30)38(36)22(19-49)20-50)52-26-7-3-24(4-8-26)40(44,45)46/h1-16,21,32,36-37H. The number of allylic oxidation sites excluding steroid dienone is 6. The van der Waals surface area contributed by atoms with Gasteiger partial charge in [0.25, 0.3) is 0 Å². The van der Waals surface area contributed by atoms with Crippen LogP contribution in [0.5, 0.6) is 23.0 Å². The van der Waals surface area contributed by atoms with E-state index in [0.717, 1.165) is 29.8 Å². The number of hydrogen-bond donors (Lipinski definition) is 0. The van der Waals surface area contributed by atoms with Gasteiger partial charge >= 0.3 is 12.4 Å². The minimum Gasteiger partial charge on any atom is -0.457 e. The van der Waals surface area contributed by atoms with E-state index in [0.29, 0.717) is 33.4 Å². The van der Waals surface area contributed by atoms with E-state index < -0.39 is 47.2 Å². The molecule has 7 rings (SSSR count). The Kier molecular flexibility index (Phi) is 8.13. The van der Waals surface area contributed by atoms with Crippen LogP contribution in [0.25, 0.3) is 11.1 Å². The van der Waals surface area contributed by atoms with Crippen LogP contribution in [0.2, 0.25) is 0 Å². The molecule has 254 valence electrons. The lowest BCUT2D eigenvalue weighted by atomic mass is 9.76. The van der Waals surface area contributed by atoms with Gasteiger partial charge in [-0.15, -0.1) is 0 Å². The van der Waals surface area contributed by atoms with E-state index in [-0.39, 0.29) is 28.6 Å². The summed E-state index contributed by atoms with van der Waals surface area (Å²) < 4.78 is 90.2. The fourth-order valence-corrected chi connectivity index (χ4v) is 7.09. The van der Waals surface area contributed by atoms with Crippen molar-refractivity contribution in [1.29, 1.82) is 21.0 Å². The van der Waals surface area contributed by atoms with Gasteiger partial charge in [0.15, 0.2) is 0 Å². The number of halogens is 6. The van der Waals surface area contributed by atoms with Crippen LogP contribution in [0, 0.1) is 57.2 Å². The van der Waals surface area contributed by atoms with Crippen molar-refractivity contribution < 1.29 is 35.8 Å². The molecule has 6 nitrogen and oxygen atoms in total. The molecule has 0 amide bonds. The first-order chi connectivity index (χ1) is 24.8. The topological polar surface area (TPSA) is 114 Å². The zero-order chi connectivity index (χ0) is 36.9. The largest absolute Gasteiger partial charge is 0.457 e. The summed E-state index contributed by atoms with van der Waals surface area (Å²) in [5, 5.41) is 40.1. The molecule has 0 radical (unpaired) electrons. The smallest absolute Gasteiger partial charge is 0.416 e. The van der Waals surface area contributed by atoms with E-state index in [9.17, 15) is 47.4 Å². The highest BCUT2D eigenvalue weighted by Gasteiger charge is 2.45. The van der Waals surface area contributed by atoms with Crippen LogP contribution < -0.4 is 9.47 Å². The van der Waals surface area contributed by atoms with Gasteiger partial charge in [-0.3, -0.25) is 0 Å². The predicted molar refractivity (Wildman–Crippen MR) is 174 cm³/mol. The second-order valence-corrected chi connectivity index (χ2v) is 12.2. The molecule has 0 aliphatic heterocycles. The van der Waals surface area contributed by atoms with E-state index in [2.05, 4.69) is 12.1 Å². The van der Waals surface area contributed by atoms with Gasteiger partial charge in [0.1, 0.15) is 46.6 Å². The molecule has 4 aromatic carbocycles. The quantitative estimate of drug-likeness (QED) is 0.151. The fraction of sp³-hybridized carbons (Fsp3) is 0.150. The van der Waals surface area contributed by atoms with Crippen molar-refractivity contribution >= 4 is 11.1 Å². The molecule has 0 saturated carbocycles. The van der Waals surface area contributed by atoms with E-state index in [1.165, 1.54) is 24.3 Å². The summed E-state index contributed by atoms with van der Waals surface area (Å²) >= 11 is 0. The maximum absolute atomic E-state index is 13.1. The molecule has 0 fully saturated rings. The van der Waals surface area contributed by atoms with Crippen molar-refractivity contribution in [3.05, 3.63) is 142 Å². The molecule has 4 aromatic rings. The highest BCUT2D eigenvalue weighted by Crippen LogP contribution is 2.59. The molecule has 0 aromatic heterocycles. The first kappa shape index (κ1) is 33.7. The summed E-state index contributed by atoms with van der Waals surface area (Å²) in [6, 6.07) is 26.5. The number of hydrogen-bond acceptors (Lipinski definition) is 6. The summed E-state index contributed by atoms with van der Waals surface area (Å²) in [5.74, 6) is -1.94. The van der Waals surface area contributed by atoms with Gasteiger partial charge in [0, 0.05) is 17.8 Å². The Morgan fingerprint density at radius 1 is 0.577 bits per heavy atom. The number of benzene rings is 4. The SMILES string of the molecule is N#CC(C#N)=C1c2cc(Oc3ccc(C(F)(F)F)cc3)ccc2C2C=C3C(=CC12)c1ccc(Oc2ccc(C(F)(F)F)cc2)cc1C3C(C#N)C#N. The van der Waals surface area contributed by atoms with Gasteiger partial charge in [0.2, 0.25) is 0 Å². The van der Waals surface area contributed by atoms with Crippen LogP contribution in [-0.4, -0.2) is 0 Å². The summed E-state index contributed by atoms with van der Waals surface area (Å²) in [6.45, 7) is 0. The van der Waals surface area contributed by atoms with Crippen molar-refractivity contribution in [2.24, 2.45) is 11.8 Å². The summed E-state index contributed by atoms with van der Waals surface area (Å²) in [5.41, 5.74) is 2.55. The maximum Gasteiger partial charge on any atom is 0.416 e. The zero-order valence-corrected chi connectivity index (χ0v) is 26.4. The Morgan fingerprint density at radius 2 is 1.10 bits per heavy atom. The molecule has 0 spiro atoms. The molecule has 0 N–H and O–H groups in total. The highest BCUT2D eigenvalue weighted by atomic mass is 19.4. The molecule has 0 heterocycles. The van der Waals surface area contributed by atoms with Crippen molar-refractivity contribution in [1.82, 2.24) is 0 Å². The van der Waals surface area contributed by atoms with E-state index in [1.54, 1.807) is 36.4 Å². The van der Waals surface area contributed by atoms with E-state index in [4.69, 9.17) is 9.47 Å². The molecule has 3 unspecified atom stereocenters. The van der Waals surface area contributed by atoms with Crippen LogP contribution in [-0.2, 0) is 12.4 Å². The average Bonchev–Trinajstić information content (AvgIpc) is 3.59. The number of ether oxygens (including phenoxy) is 2. The Bertz CT molecular complexity index is 2370. The average molecular weight is 703 g/mol. The summed E-state index contributed by atoms with van der Waals surface area (Å²) in [7, 11) is 0. The monoisotopic (exact) mass is 702 g/mol. The van der Waals surface area contributed by atoms with Gasteiger partial charge < -0.3 is 9.47 Å². The Morgan fingerprint density at radius 3 is 1.62 bits per heavy atom. The minimum absolute atomic E-state index is 0.142. The lowest BCUT2D eigenvalue weighted by Gasteiger charge is -2.25. The first-order valence-corrected chi connectivity index (χ1v) is 15.6. The molecule has 0 bridgehead atoms. The highest BCUT2D eigenvalue weighted by molar-refractivity contribution is 5.95. The maximum atomic E-state index is 13.1. The number of alkyl halides is 6. The lowest BCUT2D eigenvalue weighted by molar-refractivity contribution is -0.138. The fourth-order valence-electron chi connectivity index (χ4n) is 7.09. The van der Waals surface area contributed by atoms with E-state index >= 15 is 0 Å². The Labute approximate surface area is 292 Å². The van der Waals surface area contributed by atoms with Gasteiger partial charge in [-0.25, -0.2) is 0 Å². The molecule has 12 heteroatoms. The van der Waals surface area contributed by atoms with Crippen LogP contribution in [0.15, 0.2) is 108 Å². The van der Waals surface area contributed by atoms with Crippen molar-refractivity contribution in [2.45, 2.75) is 24.2 Å². The van der Waals surface area contributed by atoms with Gasteiger partial charge in [-0.1, -0.05) is 24.3 Å². The third-order valence-electron chi connectivity index (χ3n) is 9.33. The predicted octanol–water partition coefficient (Wildman–Crippen LogP) is 10.6. The van der Waals surface area contributed by atoms with E-state index in [1.807, 2.05) is 24.3 Å². The van der Waals surface area contributed by atoms with Crippen molar-refractivity contribution in [3.8, 4) is 47.3 Å². The molecule has 52 heavy (non-hydrogen) atoms. The molecular weight excluding hydrogens is 682 g/mol. The van der Waals surface area contributed by atoms with Crippen molar-refractivity contribution in [2.75, 3.05) is 0 Å². The van der Waals surface area contributed by atoms with Gasteiger partial charge in [-0.2, -0.15) is 47.4 Å². The normalized spacial score (nSPS) is 18.3. The third-order valence-corrected chi connectivity index (χ3v) is 9.33. The zero-order valence-electron chi connectivity index (χ0n) is 26.4. The second kappa shape index (κ2) is 12.5. The number of nitrogens with zero attached hydrogens (tertiary/aromatic N) is 4. The number of nitriles is 4.